The summed E-state index contributed by atoms with van der Waals surface area (Å²) in [6.07, 6.45) is 3.99. The summed E-state index contributed by atoms with van der Waals surface area (Å²) in [6, 6.07) is 5.41. The molecule has 2 rings (SSSR count). The van der Waals surface area contributed by atoms with Crippen molar-refractivity contribution in [3.05, 3.63) is 21.9 Å². The van der Waals surface area contributed by atoms with E-state index in [1.807, 2.05) is 11.3 Å². The van der Waals surface area contributed by atoms with E-state index in [2.05, 4.69) is 48.3 Å². The Labute approximate surface area is 128 Å². The molecule has 0 spiro atoms. The number of nitrogens with zero attached hydrogens (tertiary/aromatic N) is 2. The maximum absolute atomic E-state index is 3.59. The summed E-state index contributed by atoms with van der Waals surface area (Å²) in [5.41, 5.74) is 0. The van der Waals surface area contributed by atoms with Gasteiger partial charge < -0.3 is 10.2 Å². The number of nitrogens with one attached hydrogen (secondary N) is 1. The predicted octanol–water partition coefficient (Wildman–Crippen LogP) is 2.77. The van der Waals surface area contributed by atoms with Crippen molar-refractivity contribution in [2.75, 3.05) is 33.7 Å². The minimum atomic E-state index is 0.804. The molecule has 0 saturated heterocycles. The molecule has 0 bridgehead atoms. The van der Waals surface area contributed by atoms with Crippen molar-refractivity contribution in [2.24, 2.45) is 0 Å². The van der Waals surface area contributed by atoms with Gasteiger partial charge in [-0.3, -0.25) is 4.90 Å². The molecule has 3 nitrogen and oxygen atoms in total. The SMILES string of the molecule is CCN(CCCN(C)C)Cc1ccc(CNC2CC2)s1. The molecule has 0 aliphatic heterocycles. The summed E-state index contributed by atoms with van der Waals surface area (Å²) in [7, 11) is 4.30. The van der Waals surface area contributed by atoms with Crippen LogP contribution in [0, 0.1) is 0 Å². The van der Waals surface area contributed by atoms with Crippen LogP contribution < -0.4 is 5.32 Å². The second-order valence-electron chi connectivity index (χ2n) is 6.05. The van der Waals surface area contributed by atoms with E-state index in [4.69, 9.17) is 0 Å². The van der Waals surface area contributed by atoms with Crippen LogP contribution in [-0.2, 0) is 13.1 Å². The molecule has 20 heavy (non-hydrogen) atoms. The largest absolute Gasteiger partial charge is 0.309 e. The van der Waals surface area contributed by atoms with Gasteiger partial charge in [-0.15, -0.1) is 11.3 Å². The van der Waals surface area contributed by atoms with Crippen molar-refractivity contribution < 1.29 is 0 Å². The molecule has 1 aromatic rings. The Morgan fingerprint density at radius 2 is 1.95 bits per heavy atom. The Kier molecular flexibility index (Phi) is 6.49. The summed E-state index contributed by atoms with van der Waals surface area (Å²) in [5, 5.41) is 3.59. The molecule has 0 amide bonds. The molecule has 1 saturated carbocycles. The minimum absolute atomic E-state index is 0.804. The zero-order valence-electron chi connectivity index (χ0n) is 13.2. The van der Waals surface area contributed by atoms with E-state index in [0.717, 1.165) is 25.7 Å². The number of hydrogen-bond donors (Lipinski definition) is 1. The van der Waals surface area contributed by atoms with Crippen LogP contribution in [0.25, 0.3) is 0 Å². The first-order valence-corrected chi connectivity index (χ1v) is 8.67. The van der Waals surface area contributed by atoms with Crippen LogP contribution in [0.15, 0.2) is 12.1 Å². The number of rotatable bonds is 10. The number of hydrogen-bond acceptors (Lipinski definition) is 4. The highest BCUT2D eigenvalue weighted by molar-refractivity contribution is 7.11. The Balaban J connectivity index is 1.71. The van der Waals surface area contributed by atoms with Gasteiger partial charge in [0.2, 0.25) is 0 Å². The van der Waals surface area contributed by atoms with E-state index in [0.29, 0.717) is 0 Å². The Morgan fingerprint density at radius 1 is 1.20 bits per heavy atom. The van der Waals surface area contributed by atoms with Crippen LogP contribution >= 0.6 is 11.3 Å². The summed E-state index contributed by atoms with van der Waals surface area (Å²) in [6.45, 7) is 7.94. The first-order valence-electron chi connectivity index (χ1n) is 7.85. The fraction of sp³-hybridized carbons (Fsp3) is 0.750. The highest BCUT2D eigenvalue weighted by atomic mass is 32.1. The zero-order chi connectivity index (χ0) is 14.4. The third kappa shape index (κ3) is 5.92. The van der Waals surface area contributed by atoms with Gasteiger partial charge in [0, 0.05) is 28.9 Å². The van der Waals surface area contributed by atoms with Crippen LogP contribution in [0.3, 0.4) is 0 Å². The second kappa shape index (κ2) is 8.13. The lowest BCUT2D eigenvalue weighted by atomic mass is 10.3. The highest BCUT2D eigenvalue weighted by Gasteiger charge is 2.20. The van der Waals surface area contributed by atoms with Crippen LogP contribution in [-0.4, -0.2) is 49.6 Å². The first kappa shape index (κ1) is 16.0. The lowest BCUT2D eigenvalue weighted by molar-refractivity contribution is 0.261. The summed E-state index contributed by atoms with van der Waals surface area (Å²) >= 11 is 1.97. The standard InChI is InChI=1S/C16H29N3S/c1-4-19(11-5-10-18(2)3)13-16-9-8-15(20-16)12-17-14-6-7-14/h8-9,14,17H,4-7,10-13H2,1-3H3. The fourth-order valence-corrected chi connectivity index (χ4v) is 3.33. The average molecular weight is 295 g/mol. The molecular formula is C16H29N3S. The van der Waals surface area contributed by atoms with Crippen molar-refractivity contribution in [1.29, 1.82) is 0 Å². The fourth-order valence-electron chi connectivity index (χ4n) is 2.31. The summed E-state index contributed by atoms with van der Waals surface area (Å²) < 4.78 is 0. The third-order valence-corrected chi connectivity index (χ3v) is 4.84. The van der Waals surface area contributed by atoms with Gasteiger partial charge in [-0.05, 0) is 65.1 Å². The van der Waals surface area contributed by atoms with Gasteiger partial charge in [0.05, 0.1) is 0 Å². The lowest BCUT2D eigenvalue weighted by Crippen LogP contribution is -2.26. The van der Waals surface area contributed by atoms with Gasteiger partial charge in [-0.2, -0.15) is 0 Å². The molecule has 1 N–H and O–H groups in total. The van der Waals surface area contributed by atoms with Crippen molar-refractivity contribution in [2.45, 2.75) is 45.3 Å². The van der Waals surface area contributed by atoms with E-state index >= 15 is 0 Å². The Morgan fingerprint density at radius 3 is 2.60 bits per heavy atom. The summed E-state index contributed by atoms with van der Waals surface area (Å²) in [4.78, 5) is 7.80. The van der Waals surface area contributed by atoms with Crippen LogP contribution in [0.4, 0.5) is 0 Å². The van der Waals surface area contributed by atoms with Gasteiger partial charge >= 0.3 is 0 Å². The van der Waals surface area contributed by atoms with Crippen molar-refractivity contribution in [3.63, 3.8) is 0 Å². The first-order chi connectivity index (χ1) is 9.67. The van der Waals surface area contributed by atoms with Crippen LogP contribution in [0.5, 0.6) is 0 Å². The molecule has 0 atom stereocenters. The van der Waals surface area contributed by atoms with Crippen molar-refractivity contribution in [3.8, 4) is 0 Å². The van der Waals surface area contributed by atoms with Gasteiger partial charge in [0.15, 0.2) is 0 Å². The highest BCUT2D eigenvalue weighted by Crippen LogP contribution is 2.22. The normalized spacial score (nSPS) is 15.4. The number of thiophene rings is 1. The maximum Gasteiger partial charge on any atom is 0.0327 e. The molecule has 1 aliphatic rings. The quantitative estimate of drug-likeness (QED) is 0.716. The molecule has 114 valence electrons. The van der Waals surface area contributed by atoms with E-state index in [1.165, 1.54) is 42.1 Å². The molecule has 0 unspecified atom stereocenters. The van der Waals surface area contributed by atoms with Crippen LogP contribution in [0.2, 0.25) is 0 Å². The molecule has 0 aromatic carbocycles. The summed E-state index contributed by atoms with van der Waals surface area (Å²) in [5.74, 6) is 0. The van der Waals surface area contributed by atoms with E-state index in [9.17, 15) is 0 Å². The Bertz CT molecular complexity index is 385. The molecule has 0 radical (unpaired) electrons. The molecule has 1 heterocycles. The van der Waals surface area contributed by atoms with Crippen molar-refractivity contribution in [1.82, 2.24) is 15.1 Å². The lowest BCUT2D eigenvalue weighted by Gasteiger charge is -2.20. The maximum atomic E-state index is 3.59. The second-order valence-corrected chi connectivity index (χ2v) is 7.30. The molecular weight excluding hydrogens is 266 g/mol. The Hall–Kier alpha value is -0.420. The topological polar surface area (TPSA) is 18.5 Å². The van der Waals surface area contributed by atoms with Gasteiger partial charge in [-0.1, -0.05) is 6.92 Å². The van der Waals surface area contributed by atoms with Gasteiger partial charge in [0.1, 0.15) is 0 Å². The monoisotopic (exact) mass is 295 g/mol. The zero-order valence-corrected chi connectivity index (χ0v) is 14.0. The predicted molar refractivity (Wildman–Crippen MR) is 88.3 cm³/mol. The average Bonchev–Trinajstić information content (AvgIpc) is 3.14. The van der Waals surface area contributed by atoms with Crippen molar-refractivity contribution >= 4 is 11.3 Å². The van der Waals surface area contributed by atoms with E-state index in [1.54, 1.807) is 0 Å². The van der Waals surface area contributed by atoms with Gasteiger partial charge in [-0.25, -0.2) is 0 Å². The van der Waals surface area contributed by atoms with E-state index in [-0.39, 0.29) is 0 Å². The van der Waals surface area contributed by atoms with E-state index < -0.39 is 0 Å². The van der Waals surface area contributed by atoms with Crippen LogP contribution in [0.1, 0.15) is 35.9 Å². The minimum Gasteiger partial charge on any atom is -0.309 e. The molecule has 1 aromatic heterocycles. The van der Waals surface area contributed by atoms with Gasteiger partial charge in [0.25, 0.3) is 0 Å². The smallest absolute Gasteiger partial charge is 0.0327 e. The molecule has 1 aliphatic carbocycles. The molecule has 4 heteroatoms. The molecule has 1 fully saturated rings. The third-order valence-electron chi connectivity index (χ3n) is 3.77.